The average molecular weight is 312 g/mol. The molecular formula is C19H17FO3. The van der Waals surface area contributed by atoms with Crippen LogP contribution >= 0.6 is 0 Å². The van der Waals surface area contributed by atoms with E-state index in [-0.39, 0.29) is 18.0 Å². The van der Waals surface area contributed by atoms with Crippen molar-refractivity contribution < 1.29 is 18.7 Å². The first-order valence-electron chi connectivity index (χ1n) is 7.72. The summed E-state index contributed by atoms with van der Waals surface area (Å²) in [5.41, 5.74) is 2.86. The van der Waals surface area contributed by atoms with Crippen LogP contribution in [0, 0.1) is 5.82 Å². The standard InChI is InChI=1S/C19H17FO3/c20-17-8-4-3-7-16(17)19(22)23-12-18(21)15-10-9-13-5-1-2-6-14(13)11-15/h3-4,7-11H,1-2,5-6,12H2. The molecule has 0 fully saturated rings. The van der Waals surface area contributed by atoms with Crippen LogP contribution in [-0.2, 0) is 17.6 Å². The summed E-state index contributed by atoms with van der Waals surface area (Å²) in [5, 5.41) is 0. The molecule has 0 amide bonds. The molecule has 0 aliphatic heterocycles. The quantitative estimate of drug-likeness (QED) is 0.638. The Balaban J connectivity index is 1.66. The van der Waals surface area contributed by atoms with Crippen molar-refractivity contribution in [1.29, 1.82) is 0 Å². The molecule has 3 nitrogen and oxygen atoms in total. The summed E-state index contributed by atoms with van der Waals surface area (Å²) in [7, 11) is 0. The largest absolute Gasteiger partial charge is 0.454 e. The lowest BCUT2D eigenvalue weighted by molar-refractivity contribution is 0.0470. The van der Waals surface area contributed by atoms with Crippen molar-refractivity contribution in [1.82, 2.24) is 0 Å². The molecule has 0 radical (unpaired) electrons. The summed E-state index contributed by atoms with van der Waals surface area (Å²) in [6.07, 6.45) is 4.34. The molecule has 4 heteroatoms. The maximum Gasteiger partial charge on any atom is 0.341 e. The van der Waals surface area contributed by atoms with Gasteiger partial charge in [0.15, 0.2) is 12.4 Å². The molecule has 0 aromatic heterocycles. The van der Waals surface area contributed by atoms with Gasteiger partial charge in [-0.05, 0) is 55.0 Å². The van der Waals surface area contributed by atoms with Crippen LogP contribution < -0.4 is 0 Å². The minimum atomic E-state index is -0.825. The topological polar surface area (TPSA) is 43.4 Å². The van der Waals surface area contributed by atoms with Gasteiger partial charge in [-0.25, -0.2) is 9.18 Å². The van der Waals surface area contributed by atoms with E-state index in [0.29, 0.717) is 5.56 Å². The van der Waals surface area contributed by atoms with E-state index in [1.807, 2.05) is 12.1 Å². The van der Waals surface area contributed by atoms with Crippen LogP contribution in [0.3, 0.4) is 0 Å². The van der Waals surface area contributed by atoms with E-state index < -0.39 is 11.8 Å². The molecule has 0 spiro atoms. The molecular weight excluding hydrogens is 295 g/mol. The molecule has 118 valence electrons. The summed E-state index contributed by atoms with van der Waals surface area (Å²) < 4.78 is 18.4. The van der Waals surface area contributed by atoms with Crippen LogP contribution in [0.15, 0.2) is 42.5 Å². The highest BCUT2D eigenvalue weighted by Crippen LogP contribution is 2.22. The minimum absolute atomic E-state index is 0.161. The number of ether oxygens (including phenoxy) is 1. The van der Waals surface area contributed by atoms with E-state index >= 15 is 0 Å². The second-order valence-electron chi connectivity index (χ2n) is 5.67. The Morgan fingerprint density at radius 1 is 1.00 bits per heavy atom. The minimum Gasteiger partial charge on any atom is -0.454 e. The van der Waals surface area contributed by atoms with Gasteiger partial charge in [-0.3, -0.25) is 4.79 Å². The van der Waals surface area contributed by atoms with Crippen molar-refractivity contribution in [3.8, 4) is 0 Å². The summed E-state index contributed by atoms with van der Waals surface area (Å²) in [4.78, 5) is 24.0. The second kappa shape index (κ2) is 6.73. The maximum absolute atomic E-state index is 13.5. The second-order valence-corrected chi connectivity index (χ2v) is 5.67. The van der Waals surface area contributed by atoms with Crippen molar-refractivity contribution in [2.24, 2.45) is 0 Å². The molecule has 0 bridgehead atoms. The van der Waals surface area contributed by atoms with Crippen molar-refractivity contribution >= 4 is 11.8 Å². The molecule has 0 N–H and O–H groups in total. The number of carbonyl (C=O) groups excluding carboxylic acids is 2. The van der Waals surface area contributed by atoms with Gasteiger partial charge in [-0.1, -0.05) is 24.3 Å². The Kier molecular flexibility index (Phi) is 4.51. The van der Waals surface area contributed by atoms with Gasteiger partial charge in [-0.2, -0.15) is 0 Å². The van der Waals surface area contributed by atoms with E-state index in [1.54, 1.807) is 12.1 Å². The lowest BCUT2D eigenvalue weighted by atomic mass is 9.90. The Labute approximate surface area is 134 Å². The van der Waals surface area contributed by atoms with Crippen molar-refractivity contribution in [3.05, 3.63) is 70.5 Å². The normalized spacial score (nSPS) is 13.3. The summed E-state index contributed by atoms with van der Waals surface area (Å²) in [6, 6.07) is 11.2. The fourth-order valence-corrected chi connectivity index (χ4v) is 2.83. The predicted octanol–water partition coefficient (Wildman–Crippen LogP) is 3.74. The highest BCUT2D eigenvalue weighted by molar-refractivity contribution is 5.99. The molecule has 0 saturated heterocycles. The third-order valence-corrected chi connectivity index (χ3v) is 4.10. The van der Waals surface area contributed by atoms with Crippen LogP contribution in [0.4, 0.5) is 4.39 Å². The fourth-order valence-electron chi connectivity index (χ4n) is 2.83. The predicted molar refractivity (Wildman–Crippen MR) is 84.1 cm³/mol. The zero-order valence-electron chi connectivity index (χ0n) is 12.7. The molecule has 1 aliphatic rings. The molecule has 1 aliphatic carbocycles. The first-order valence-corrected chi connectivity index (χ1v) is 7.72. The van der Waals surface area contributed by atoms with E-state index in [4.69, 9.17) is 4.74 Å². The first-order chi connectivity index (χ1) is 11.1. The fraction of sp³-hybridized carbons (Fsp3) is 0.263. The van der Waals surface area contributed by atoms with Crippen LogP contribution in [0.2, 0.25) is 0 Å². The molecule has 0 saturated carbocycles. The maximum atomic E-state index is 13.5. The first kappa shape index (κ1) is 15.4. The van der Waals surface area contributed by atoms with Gasteiger partial charge in [0.2, 0.25) is 0 Å². The number of hydrogen-bond donors (Lipinski definition) is 0. The highest BCUT2D eigenvalue weighted by atomic mass is 19.1. The van der Waals surface area contributed by atoms with Crippen molar-refractivity contribution in [2.45, 2.75) is 25.7 Å². The number of fused-ring (bicyclic) bond motifs is 1. The van der Waals surface area contributed by atoms with Crippen molar-refractivity contribution in [3.63, 3.8) is 0 Å². The Hall–Kier alpha value is -2.49. The van der Waals surface area contributed by atoms with Crippen LogP contribution in [0.1, 0.15) is 44.7 Å². The SMILES string of the molecule is O=C(COC(=O)c1ccccc1F)c1ccc2c(c1)CCCC2. The number of benzene rings is 2. The van der Waals surface area contributed by atoms with Gasteiger partial charge >= 0.3 is 5.97 Å². The number of ketones is 1. The zero-order valence-corrected chi connectivity index (χ0v) is 12.7. The third kappa shape index (κ3) is 3.47. The lowest BCUT2D eigenvalue weighted by Crippen LogP contribution is -2.16. The van der Waals surface area contributed by atoms with E-state index in [1.165, 1.54) is 35.7 Å². The molecule has 23 heavy (non-hydrogen) atoms. The number of esters is 1. The number of aryl methyl sites for hydroxylation is 2. The molecule has 0 atom stereocenters. The van der Waals surface area contributed by atoms with Crippen LogP contribution in [0.25, 0.3) is 0 Å². The van der Waals surface area contributed by atoms with Gasteiger partial charge in [0, 0.05) is 5.56 Å². The molecule has 0 unspecified atom stereocenters. The molecule has 2 aromatic rings. The van der Waals surface area contributed by atoms with E-state index in [0.717, 1.165) is 19.3 Å². The molecule has 3 rings (SSSR count). The highest BCUT2D eigenvalue weighted by Gasteiger charge is 2.16. The summed E-state index contributed by atoms with van der Waals surface area (Å²) in [6.45, 7) is -0.383. The Bertz CT molecular complexity index is 752. The third-order valence-electron chi connectivity index (χ3n) is 4.10. The Morgan fingerprint density at radius 2 is 1.74 bits per heavy atom. The lowest BCUT2D eigenvalue weighted by Gasteiger charge is -2.16. The van der Waals surface area contributed by atoms with Gasteiger partial charge < -0.3 is 4.74 Å². The molecule has 2 aromatic carbocycles. The Morgan fingerprint density at radius 3 is 2.52 bits per heavy atom. The number of carbonyl (C=O) groups is 2. The number of rotatable bonds is 4. The van der Waals surface area contributed by atoms with Gasteiger partial charge in [0.1, 0.15) is 5.82 Å². The smallest absolute Gasteiger partial charge is 0.341 e. The number of halogens is 1. The number of hydrogen-bond acceptors (Lipinski definition) is 3. The monoisotopic (exact) mass is 312 g/mol. The van der Waals surface area contributed by atoms with Gasteiger partial charge in [0.25, 0.3) is 0 Å². The summed E-state index contributed by atoms with van der Waals surface area (Å²) >= 11 is 0. The summed E-state index contributed by atoms with van der Waals surface area (Å²) in [5.74, 6) is -1.75. The van der Waals surface area contributed by atoms with Crippen LogP contribution in [-0.4, -0.2) is 18.4 Å². The van der Waals surface area contributed by atoms with E-state index in [2.05, 4.69) is 0 Å². The zero-order chi connectivity index (χ0) is 16.2. The van der Waals surface area contributed by atoms with Gasteiger partial charge in [-0.15, -0.1) is 0 Å². The van der Waals surface area contributed by atoms with E-state index in [9.17, 15) is 14.0 Å². The van der Waals surface area contributed by atoms with Crippen LogP contribution in [0.5, 0.6) is 0 Å². The van der Waals surface area contributed by atoms with Gasteiger partial charge in [0.05, 0.1) is 5.56 Å². The average Bonchev–Trinajstić information content (AvgIpc) is 2.59. The number of Topliss-reactive ketones (excluding diaryl/α,β-unsaturated/α-hetero) is 1. The van der Waals surface area contributed by atoms with Crippen molar-refractivity contribution in [2.75, 3.05) is 6.61 Å². The molecule has 0 heterocycles.